The molecule has 1 aromatic rings. The zero-order chi connectivity index (χ0) is 12.9. The summed E-state index contributed by atoms with van der Waals surface area (Å²) in [4.78, 5) is 0. The van der Waals surface area contributed by atoms with E-state index in [4.69, 9.17) is 4.74 Å². The van der Waals surface area contributed by atoms with Crippen molar-refractivity contribution in [2.75, 3.05) is 11.9 Å². The molecule has 0 heterocycles. The Morgan fingerprint density at radius 3 is 2.47 bits per heavy atom. The molecule has 0 aliphatic carbocycles. The van der Waals surface area contributed by atoms with Gasteiger partial charge in [-0.3, -0.25) is 0 Å². The van der Waals surface area contributed by atoms with E-state index < -0.39 is 0 Å². The molecule has 17 heavy (non-hydrogen) atoms. The van der Waals surface area contributed by atoms with Gasteiger partial charge in [0.1, 0.15) is 5.75 Å². The van der Waals surface area contributed by atoms with E-state index in [1.54, 1.807) is 0 Å². The molecule has 0 unspecified atom stereocenters. The van der Waals surface area contributed by atoms with Crippen LogP contribution in [0.25, 0.3) is 0 Å². The van der Waals surface area contributed by atoms with Crippen LogP contribution in [0.4, 0.5) is 0 Å². The maximum atomic E-state index is 5.90. The first-order valence-corrected chi connectivity index (χ1v) is 7.37. The minimum atomic E-state index is 0.136. The van der Waals surface area contributed by atoms with Crippen LogP contribution in [0.2, 0.25) is 0 Å². The topological polar surface area (TPSA) is 9.23 Å². The van der Waals surface area contributed by atoms with E-state index >= 15 is 0 Å². The van der Waals surface area contributed by atoms with Crippen molar-refractivity contribution >= 4 is 15.9 Å². The third-order valence-corrected chi connectivity index (χ3v) is 3.29. The zero-order valence-corrected chi connectivity index (χ0v) is 12.9. The Labute approximate surface area is 114 Å². The van der Waals surface area contributed by atoms with Crippen LogP contribution in [0, 0.1) is 6.92 Å². The average Bonchev–Trinajstić information content (AvgIpc) is 2.25. The van der Waals surface area contributed by atoms with Gasteiger partial charge in [0.15, 0.2) is 0 Å². The molecule has 0 saturated carbocycles. The Kier molecular flexibility index (Phi) is 5.51. The van der Waals surface area contributed by atoms with Crippen LogP contribution in [0.15, 0.2) is 18.2 Å². The fourth-order valence-electron chi connectivity index (χ4n) is 1.73. The van der Waals surface area contributed by atoms with Crippen molar-refractivity contribution in [2.24, 2.45) is 0 Å². The summed E-state index contributed by atoms with van der Waals surface area (Å²) in [6, 6.07) is 6.46. The lowest BCUT2D eigenvalue weighted by atomic mass is 9.85. The summed E-state index contributed by atoms with van der Waals surface area (Å²) in [6.07, 6.45) is 2.26. The maximum Gasteiger partial charge on any atom is 0.123 e. The van der Waals surface area contributed by atoms with E-state index in [2.05, 4.69) is 61.8 Å². The second-order valence-corrected chi connectivity index (χ2v) is 6.29. The van der Waals surface area contributed by atoms with Gasteiger partial charge >= 0.3 is 0 Å². The van der Waals surface area contributed by atoms with Gasteiger partial charge in [-0.25, -0.2) is 0 Å². The van der Waals surface area contributed by atoms with Crippen molar-refractivity contribution in [3.8, 4) is 5.75 Å². The van der Waals surface area contributed by atoms with Crippen LogP contribution in [0.3, 0.4) is 0 Å². The molecule has 0 bridgehead atoms. The third-order valence-electron chi connectivity index (χ3n) is 2.73. The number of hydrogen-bond donors (Lipinski definition) is 0. The number of alkyl halides is 1. The standard InChI is InChI=1S/C15H23BrO/c1-12-7-8-14(17-10-6-5-9-16)13(11-12)15(2,3)4/h7-8,11H,5-6,9-10H2,1-4H3. The monoisotopic (exact) mass is 298 g/mol. The molecule has 0 amide bonds. The molecular weight excluding hydrogens is 276 g/mol. The minimum absolute atomic E-state index is 0.136. The Hall–Kier alpha value is -0.500. The van der Waals surface area contributed by atoms with Gasteiger partial charge in [-0.2, -0.15) is 0 Å². The fourth-order valence-corrected chi connectivity index (χ4v) is 2.13. The Bertz CT molecular complexity index is 352. The lowest BCUT2D eigenvalue weighted by Gasteiger charge is -2.23. The molecule has 0 spiro atoms. The van der Waals surface area contributed by atoms with Crippen molar-refractivity contribution in [1.29, 1.82) is 0 Å². The molecule has 0 saturated heterocycles. The van der Waals surface area contributed by atoms with E-state index in [0.29, 0.717) is 0 Å². The van der Waals surface area contributed by atoms with Crippen LogP contribution in [0.5, 0.6) is 5.75 Å². The van der Waals surface area contributed by atoms with Crippen molar-refractivity contribution in [3.63, 3.8) is 0 Å². The summed E-state index contributed by atoms with van der Waals surface area (Å²) in [5.41, 5.74) is 2.73. The number of unbranched alkanes of at least 4 members (excludes halogenated alkanes) is 1. The fraction of sp³-hybridized carbons (Fsp3) is 0.600. The van der Waals surface area contributed by atoms with E-state index in [0.717, 1.165) is 30.5 Å². The first-order chi connectivity index (χ1) is 7.95. The molecule has 1 nitrogen and oxygen atoms in total. The quantitative estimate of drug-likeness (QED) is 0.558. The highest BCUT2D eigenvalue weighted by Crippen LogP contribution is 2.32. The Morgan fingerprint density at radius 1 is 1.18 bits per heavy atom. The molecule has 96 valence electrons. The van der Waals surface area contributed by atoms with Gasteiger partial charge in [-0.05, 0) is 36.8 Å². The number of ether oxygens (including phenoxy) is 1. The van der Waals surface area contributed by atoms with E-state index in [-0.39, 0.29) is 5.41 Å². The SMILES string of the molecule is Cc1ccc(OCCCCBr)c(C(C)(C)C)c1. The maximum absolute atomic E-state index is 5.90. The van der Waals surface area contributed by atoms with Crippen molar-refractivity contribution in [3.05, 3.63) is 29.3 Å². The van der Waals surface area contributed by atoms with E-state index in [9.17, 15) is 0 Å². The molecule has 0 fully saturated rings. The van der Waals surface area contributed by atoms with Gasteiger partial charge in [-0.15, -0.1) is 0 Å². The molecule has 1 rings (SSSR count). The minimum Gasteiger partial charge on any atom is -0.493 e. The highest BCUT2D eigenvalue weighted by Gasteiger charge is 2.18. The molecule has 0 aliphatic heterocycles. The Morgan fingerprint density at radius 2 is 1.88 bits per heavy atom. The molecule has 0 aromatic heterocycles. The normalized spacial score (nSPS) is 11.6. The van der Waals surface area contributed by atoms with E-state index in [1.807, 2.05) is 0 Å². The van der Waals surface area contributed by atoms with Crippen molar-refractivity contribution < 1.29 is 4.74 Å². The van der Waals surface area contributed by atoms with Crippen LogP contribution in [-0.4, -0.2) is 11.9 Å². The lowest BCUT2D eigenvalue weighted by molar-refractivity contribution is 0.301. The zero-order valence-electron chi connectivity index (χ0n) is 11.3. The summed E-state index contributed by atoms with van der Waals surface area (Å²) in [7, 11) is 0. The lowest BCUT2D eigenvalue weighted by Crippen LogP contribution is -2.14. The predicted molar refractivity (Wildman–Crippen MR) is 78.4 cm³/mol. The molecule has 1 aromatic carbocycles. The molecule has 2 heteroatoms. The Balaban J connectivity index is 2.77. The summed E-state index contributed by atoms with van der Waals surface area (Å²) >= 11 is 3.44. The molecular formula is C15H23BrO. The molecule has 0 aliphatic rings. The predicted octanol–water partition coefficient (Wildman–Crippen LogP) is 4.85. The van der Waals surface area contributed by atoms with Crippen LogP contribution in [0.1, 0.15) is 44.7 Å². The van der Waals surface area contributed by atoms with E-state index in [1.165, 1.54) is 11.1 Å². The summed E-state index contributed by atoms with van der Waals surface area (Å²) in [6.45, 7) is 9.62. The number of aryl methyl sites for hydroxylation is 1. The second-order valence-electron chi connectivity index (χ2n) is 5.49. The van der Waals surface area contributed by atoms with Gasteiger partial charge in [0.25, 0.3) is 0 Å². The van der Waals surface area contributed by atoms with Gasteiger partial charge in [0.2, 0.25) is 0 Å². The smallest absolute Gasteiger partial charge is 0.123 e. The number of halogens is 1. The van der Waals surface area contributed by atoms with Crippen molar-refractivity contribution in [1.82, 2.24) is 0 Å². The molecule has 0 N–H and O–H groups in total. The van der Waals surface area contributed by atoms with Crippen LogP contribution in [-0.2, 0) is 5.41 Å². The highest BCUT2D eigenvalue weighted by atomic mass is 79.9. The van der Waals surface area contributed by atoms with Gasteiger partial charge < -0.3 is 4.74 Å². The highest BCUT2D eigenvalue weighted by molar-refractivity contribution is 9.09. The molecule has 0 radical (unpaired) electrons. The molecule has 0 atom stereocenters. The second kappa shape index (κ2) is 6.44. The van der Waals surface area contributed by atoms with Crippen molar-refractivity contribution in [2.45, 2.75) is 46.0 Å². The average molecular weight is 299 g/mol. The summed E-state index contributed by atoms with van der Waals surface area (Å²) < 4.78 is 5.90. The number of rotatable bonds is 5. The summed E-state index contributed by atoms with van der Waals surface area (Å²) in [5.74, 6) is 1.04. The first-order valence-electron chi connectivity index (χ1n) is 6.25. The van der Waals surface area contributed by atoms with Crippen LogP contribution >= 0.6 is 15.9 Å². The van der Waals surface area contributed by atoms with Gasteiger partial charge in [0, 0.05) is 5.33 Å². The largest absolute Gasteiger partial charge is 0.493 e. The first kappa shape index (κ1) is 14.6. The number of hydrogen-bond acceptors (Lipinski definition) is 1. The number of benzene rings is 1. The van der Waals surface area contributed by atoms with Crippen LogP contribution < -0.4 is 4.74 Å². The third kappa shape index (κ3) is 4.71. The van der Waals surface area contributed by atoms with Gasteiger partial charge in [0.05, 0.1) is 6.61 Å². The summed E-state index contributed by atoms with van der Waals surface area (Å²) in [5, 5.41) is 1.05. The van der Waals surface area contributed by atoms with Gasteiger partial charge in [-0.1, -0.05) is 54.4 Å².